The second-order valence-electron chi connectivity index (χ2n) is 5.44. The summed E-state index contributed by atoms with van der Waals surface area (Å²) in [6.45, 7) is 0. The van der Waals surface area contributed by atoms with Crippen molar-refractivity contribution < 1.29 is 0 Å². The summed E-state index contributed by atoms with van der Waals surface area (Å²) < 4.78 is 0. The van der Waals surface area contributed by atoms with Crippen LogP contribution in [0.2, 0.25) is 0 Å². The van der Waals surface area contributed by atoms with Crippen LogP contribution >= 0.6 is 0 Å². The lowest BCUT2D eigenvalue weighted by molar-refractivity contribution is 0.282. The molecule has 1 atom stereocenters. The molecule has 1 saturated carbocycles. The van der Waals surface area contributed by atoms with Gasteiger partial charge in [0.2, 0.25) is 0 Å². The molecule has 0 amide bonds. The van der Waals surface area contributed by atoms with Gasteiger partial charge in [-0.3, -0.25) is 9.97 Å². The summed E-state index contributed by atoms with van der Waals surface area (Å²) in [7, 11) is 2.06. The molecule has 3 nitrogen and oxygen atoms in total. The largest absolute Gasteiger partial charge is 0.313 e. The number of hydrogen-bond acceptors (Lipinski definition) is 3. The van der Waals surface area contributed by atoms with Gasteiger partial charge in [0.1, 0.15) is 0 Å². The predicted octanol–water partition coefficient (Wildman–Crippen LogP) is 3.47. The van der Waals surface area contributed by atoms with E-state index in [0.29, 0.717) is 6.04 Å². The molecular formula is C16H21N3. The molecule has 1 aliphatic rings. The molecule has 3 heteroatoms. The number of benzene rings is 1. The first-order valence-corrected chi connectivity index (χ1v) is 7.27. The minimum atomic E-state index is 0.403. The molecule has 1 aliphatic carbocycles. The molecule has 0 saturated heterocycles. The van der Waals surface area contributed by atoms with Crippen molar-refractivity contribution in [3.63, 3.8) is 0 Å². The molecule has 0 radical (unpaired) electrons. The van der Waals surface area contributed by atoms with Crippen LogP contribution in [0.4, 0.5) is 0 Å². The van der Waals surface area contributed by atoms with Gasteiger partial charge in [-0.25, -0.2) is 0 Å². The fourth-order valence-corrected chi connectivity index (χ4v) is 3.38. The summed E-state index contributed by atoms with van der Waals surface area (Å²) in [4.78, 5) is 8.96. The molecule has 0 bridgehead atoms. The topological polar surface area (TPSA) is 37.8 Å². The zero-order valence-corrected chi connectivity index (χ0v) is 11.5. The van der Waals surface area contributed by atoms with Gasteiger partial charge in [0.05, 0.1) is 11.0 Å². The maximum atomic E-state index is 4.54. The van der Waals surface area contributed by atoms with E-state index in [-0.39, 0.29) is 0 Å². The number of para-hydroxylation sites is 1. The third-order valence-corrected chi connectivity index (χ3v) is 4.30. The van der Waals surface area contributed by atoms with Crippen molar-refractivity contribution in [1.82, 2.24) is 15.3 Å². The normalized spacial score (nSPS) is 18.6. The van der Waals surface area contributed by atoms with Crippen LogP contribution in [0.25, 0.3) is 11.0 Å². The highest BCUT2D eigenvalue weighted by Crippen LogP contribution is 2.35. The van der Waals surface area contributed by atoms with Crippen LogP contribution in [-0.2, 0) is 0 Å². The lowest BCUT2D eigenvalue weighted by atomic mass is 9.81. The second kappa shape index (κ2) is 5.66. The highest BCUT2D eigenvalue weighted by atomic mass is 14.9. The first-order valence-electron chi connectivity index (χ1n) is 7.27. The smallest absolute Gasteiger partial charge is 0.0934 e. The molecule has 0 aliphatic heterocycles. The molecule has 2 aromatic rings. The van der Waals surface area contributed by atoms with Crippen molar-refractivity contribution in [1.29, 1.82) is 0 Å². The predicted molar refractivity (Wildman–Crippen MR) is 77.9 cm³/mol. The van der Waals surface area contributed by atoms with E-state index in [4.69, 9.17) is 0 Å². The Balaban J connectivity index is 2.00. The number of fused-ring (bicyclic) bond motifs is 1. The molecule has 1 fully saturated rings. The Hall–Kier alpha value is -1.48. The highest BCUT2D eigenvalue weighted by molar-refractivity contribution is 5.78. The Kier molecular flexibility index (Phi) is 3.74. The average Bonchev–Trinajstić information content (AvgIpc) is 2.49. The molecule has 1 aromatic carbocycles. The van der Waals surface area contributed by atoms with Gasteiger partial charge in [-0.05, 0) is 37.4 Å². The number of nitrogens with zero attached hydrogens (tertiary/aromatic N) is 2. The van der Waals surface area contributed by atoms with Crippen molar-refractivity contribution in [2.45, 2.75) is 38.1 Å². The van der Waals surface area contributed by atoms with Gasteiger partial charge in [0, 0.05) is 18.4 Å². The SMILES string of the molecule is CNC(c1cccc2nccnc12)C1CCCCC1. The first-order chi connectivity index (χ1) is 9.40. The molecule has 1 N–H and O–H groups in total. The molecule has 19 heavy (non-hydrogen) atoms. The van der Waals surface area contributed by atoms with E-state index in [9.17, 15) is 0 Å². The molecule has 1 heterocycles. The number of aromatic nitrogens is 2. The van der Waals surface area contributed by atoms with Gasteiger partial charge in [-0.1, -0.05) is 31.4 Å². The van der Waals surface area contributed by atoms with Crippen LogP contribution in [0.15, 0.2) is 30.6 Å². The van der Waals surface area contributed by atoms with Crippen molar-refractivity contribution in [2.75, 3.05) is 7.05 Å². The van der Waals surface area contributed by atoms with Crippen LogP contribution in [0.5, 0.6) is 0 Å². The van der Waals surface area contributed by atoms with Crippen molar-refractivity contribution in [2.24, 2.45) is 5.92 Å². The van der Waals surface area contributed by atoms with Gasteiger partial charge in [0.25, 0.3) is 0 Å². The highest BCUT2D eigenvalue weighted by Gasteiger charge is 2.25. The lowest BCUT2D eigenvalue weighted by Crippen LogP contribution is -2.27. The number of rotatable bonds is 3. The summed E-state index contributed by atoms with van der Waals surface area (Å²) in [5.74, 6) is 0.728. The fourth-order valence-electron chi connectivity index (χ4n) is 3.38. The lowest BCUT2D eigenvalue weighted by Gasteiger charge is -2.30. The number of nitrogens with one attached hydrogen (secondary N) is 1. The zero-order valence-electron chi connectivity index (χ0n) is 11.5. The molecule has 100 valence electrons. The summed E-state index contributed by atoms with van der Waals surface area (Å²) in [6.07, 6.45) is 10.3. The van der Waals surface area contributed by atoms with E-state index in [1.807, 2.05) is 6.07 Å². The molecule has 0 spiro atoms. The summed E-state index contributed by atoms with van der Waals surface area (Å²) in [6, 6.07) is 6.74. The van der Waals surface area contributed by atoms with Crippen molar-refractivity contribution in [3.05, 3.63) is 36.2 Å². The minimum Gasteiger partial charge on any atom is -0.313 e. The summed E-state index contributed by atoms with van der Waals surface area (Å²) in [5.41, 5.74) is 3.35. The van der Waals surface area contributed by atoms with Gasteiger partial charge >= 0.3 is 0 Å². The number of hydrogen-bond donors (Lipinski definition) is 1. The van der Waals surface area contributed by atoms with Gasteiger partial charge < -0.3 is 5.32 Å². The Morgan fingerprint density at radius 3 is 2.68 bits per heavy atom. The van der Waals surface area contributed by atoms with Gasteiger partial charge in [0.15, 0.2) is 0 Å². The van der Waals surface area contributed by atoms with E-state index in [0.717, 1.165) is 17.0 Å². The average molecular weight is 255 g/mol. The van der Waals surface area contributed by atoms with Gasteiger partial charge in [-0.2, -0.15) is 0 Å². The molecule has 3 rings (SSSR count). The van der Waals surface area contributed by atoms with Crippen LogP contribution in [0, 0.1) is 5.92 Å². The van der Waals surface area contributed by atoms with Crippen LogP contribution < -0.4 is 5.32 Å². The zero-order chi connectivity index (χ0) is 13.1. The summed E-state index contributed by atoms with van der Waals surface area (Å²) >= 11 is 0. The molecule has 1 unspecified atom stereocenters. The maximum absolute atomic E-state index is 4.54. The third kappa shape index (κ3) is 2.47. The quantitative estimate of drug-likeness (QED) is 0.912. The Morgan fingerprint density at radius 2 is 1.89 bits per heavy atom. The monoisotopic (exact) mass is 255 g/mol. The Morgan fingerprint density at radius 1 is 1.11 bits per heavy atom. The summed E-state index contributed by atoms with van der Waals surface area (Å²) in [5, 5.41) is 3.51. The van der Waals surface area contributed by atoms with E-state index >= 15 is 0 Å². The Bertz CT molecular complexity index is 541. The molecular weight excluding hydrogens is 234 g/mol. The second-order valence-corrected chi connectivity index (χ2v) is 5.44. The van der Waals surface area contributed by atoms with Crippen LogP contribution in [0.3, 0.4) is 0 Å². The van der Waals surface area contributed by atoms with E-state index in [1.54, 1.807) is 12.4 Å². The van der Waals surface area contributed by atoms with E-state index in [1.165, 1.54) is 37.7 Å². The van der Waals surface area contributed by atoms with Gasteiger partial charge in [-0.15, -0.1) is 0 Å². The van der Waals surface area contributed by atoms with Crippen molar-refractivity contribution in [3.8, 4) is 0 Å². The molecule has 1 aromatic heterocycles. The van der Waals surface area contributed by atoms with Crippen LogP contribution in [0.1, 0.15) is 43.7 Å². The van der Waals surface area contributed by atoms with E-state index in [2.05, 4.69) is 34.5 Å². The first kappa shape index (κ1) is 12.5. The third-order valence-electron chi connectivity index (χ3n) is 4.30. The Labute approximate surface area is 114 Å². The van der Waals surface area contributed by atoms with E-state index < -0.39 is 0 Å². The fraction of sp³-hybridized carbons (Fsp3) is 0.500. The van der Waals surface area contributed by atoms with Crippen LogP contribution in [-0.4, -0.2) is 17.0 Å². The minimum absolute atomic E-state index is 0.403. The maximum Gasteiger partial charge on any atom is 0.0934 e. The van der Waals surface area contributed by atoms with Crippen molar-refractivity contribution >= 4 is 11.0 Å². The standard InChI is InChI=1S/C16H21N3/c1-17-15(12-6-3-2-4-7-12)13-8-5-9-14-16(13)19-11-10-18-14/h5,8-12,15,17H,2-4,6-7H2,1H3.